The standard InChI is InChI=1S/C8H10P2/c1-2-8-7-3-5-9(6-7)10(8)4-1/h1-3,5,7-8H,4,6H2/t7-,8+,9?,10?/m0/s1. The van der Waals surface area contributed by atoms with E-state index in [1.54, 1.807) is 6.16 Å². The Kier molecular flexibility index (Phi) is 1.14. The molecule has 1 saturated heterocycles. The molecule has 3 aliphatic rings. The summed E-state index contributed by atoms with van der Waals surface area (Å²) < 4.78 is 0. The predicted molar refractivity (Wildman–Crippen MR) is 49.1 cm³/mol. The summed E-state index contributed by atoms with van der Waals surface area (Å²) in [5, 5.41) is 0. The predicted octanol–water partition coefficient (Wildman–Crippen LogP) is 2.96. The third-order valence-corrected chi connectivity index (χ3v) is 10.6. The van der Waals surface area contributed by atoms with Crippen molar-refractivity contribution in [2.75, 3.05) is 12.3 Å². The molecule has 52 valence electrons. The molecule has 0 radical (unpaired) electrons. The van der Waals surface area contributed by atoms with E-state index >= 15 is 0 Å². The molecule has 0 N–H and O–H groups in total. The summed E-state index contributed by atoms with van der Waals surface area (Å²) in [6.45, 7) is 0. The summed E-state index contributed by atoms with van der Waals surface area (Å²) in [7, 11) is 0.873. The number of rotatable bonds is 0. The summed E-state index contributed by atoms with van der Waals surface area (Å²) in [5.41, 5.74) is 1.03. The second kappa shape index (κ2) is 1.93. The van der Waals surface area contributed by atoms with Crippen LogP contribution in [0.15, 0.2) is 24.0 Å². The minimum Gasteiger partial charge on any atom is -0.0832 e. The molecule has 0 nitrogen and oxygen atoms in total. The van der Waals surface area contributed by atoms with Gasteiger partial charge in [-0.05, 0) is 18.2 Å². The third-order valence-electron chi connectivity index (χ3n) is 2.64. The quantitative estimate of drug-likeness (QED) is 0.385. The lowest BCUT2D eigenvalue weighted by atomic mass is 10.1. The number of allylic oxidation sites excluding steroid dienone is 3. The Morgan fingerprint density at radius 2 is 2.30 bits per heavy atom. The Morgan fingerprint density at radius 3 is 3.20 bits per heavy atom. The molecule has 0 aromatic rings. The van der Waals surface area contributed by atoms with Crippen molar-refractivity contribution in [1.29, 1.82) is 0 Å². The Hall–Kier alpha value is 0.340. The molecular formula is C8H10P2. The van der Waals surface area contributed by atoms with Crippen LogP contribution < -0.4 is 0 Å². The third kappa shape index (κ3) is 0.601. The van der Waals surface area contributed by atoms with Gasteiger partial charge in [-0.2, -0.15) is 0 Å². The van der Waals surface area contributed by atoms with E-state index in [2.05, 4.69) is 24.0 Å². The fraction of sp³-hybridized carbons (Fsp3) is 0.500. The Labute approximate surface area is 63.8 Å². The highest BCUT2D eigenvalue weighted by atomic mass is 32.1. The molecule has 10 heavy (non-hydrogen) atoms. The molecule has 0 aromatic carbocycles. The van der Waals surface area contributed by atoms with Gasteiger partial charge in [0.25, 0.3) is 0 Å². The smallest absolute Gasteiger partial charge is 0.00812 e. The first-order valence-corrected chi connectivity index (χ1v) is 7.73. The molecule has 3 rings (SSSR count). The average Bonchev–Trinajstić information content (AvgIpc) is 2.60. The van der Waals surface area contributed by atoms with Gasteiger partial charge in [-0.3, -0.25) is 0 Å². The first-order chi connectivity index (χ1) is 4.95. The van der Waals surface area contributed by atoms with Gasteiger partial charge in [0.2, 0.25) is 0 Å². The van der Waals surface area contributed by atoms with Crippen LogP contribution in [0.5, 0.6) is 0 Å². The van der Waals surface area contributed by atoms with Gasteiger partial charge in [-0.15, -0.1) is 0 Å². The Balaban J connectivity index is 2.04. The topological polar surface area (TPSA) is 0 Å². The zero-order chi connectivity index (χ0) is 6.55. The summed E-state index contributed by atoms with van der Waals surface area (Å²) in [5.74, 6) is 3.52. The van der Waals surface area contributed by atoms with E-state index in [9.17, 15) is 0 Å². The van der Waals surface area contributed by atoms with Gasteiger partial charge >= 0.3 is 0 Å². The molecule has 2 heteroatoms. The van der Waals surface area contributed by atoms with Crippen LogP contribution in [0, 0.1) is 5.92 Å². The van der Waals surface area contributed by atoms with Crippen molar-refractivity contribution >= 4 is 15.2 Å². The first kappa shape index (κ1) is 5.92. The van der Waals surface area contributed by atoms with E-state index in [0.29, 0.717) is 15.2 Å². The summed E-state index contributed by atoms with van der Waals surface area (Å²) in [6, 6.07) is 0. The zero-order valence-electron chi connectivity index (χ0n) is 5.77. The van der Waals surface area contributed by atoms with Crippen LogP contribution in [0.4, 0.5) is 0 Å². The second-order valence-corrected chi connectivity index (χ2v) is 9.63. The second-order valence-electron chi connectivity index (χ2n) is 3.17. The molecule has 2 unspecified atom stereocenters. The van der Waals surface area contributed by atoms with Crippen LogP contribution in [0.1, 0.15) is 0 Å². The maximum absolute atomic E-state index is 2.54. The van der Waals surface area contributed by atoms with E-state index in [1.807, 2.05) is 0 Å². The van der Waals surface area contributed by atoms with Gasteiger partial charge in [-0.1, -0.05) is 39.3 Å². The van der Waals surface area contributed by atoms with E-state index in [4.69, 9.17) is 0 Å². The van der Waals surface area contributed by atoms with E-state index in [-0.39, 0.29) is 0 Å². The monoisotopic (exact) mass is 168 g/mol. The van der Waals surface area contributed by atoms with E-state index in [0.717, 1.165) is 11.6 Å². The SMILES string of the molecule is C1=C[C@@H]2[C@H]3C=CP(C3)P2C1. The molecule has 0 amide bonds. The zero-order valence-corrected chi connectivity index (χ0v) is 7.56. The lowest BCUT2D eigenvalue weighted by Crippen LogP contribution is -2.06. The van der Waals surface area contributed by atoms with Gasteiger partial charge < -0.3 is 0 Å². The summed E-state index contributed by atoms with van der Waals surface area (Å²) >= 11 is 0. The normalized spacial score (nSPS) is 54.4. The van der Waals surface area contributed by atoms with Crippen molar-refractivity contribution in [3.63, 3.8) is 0 Å². The van der Waals surface area contributed by atoms with Crippen LogP contribution in [-0.4, -0.2) is 18.0 Å². The molecular weight excluding hydrogens is 158 g/mol. The largest absolute Gasteiger partial charge is 0.0832 e. The van der Waals surface area contributed by atoms with E-state index in [1.165, 1.54) is 6.16 Å². The van der Waals surface area contributed by atoms with E-state index < -0.39 is 0 Å². The van der Waals surface area contributed by atoms with Crippen molar-refractivity contribution in [3.05, 3.63) is 24.0 Å². The fourth-order valence-corrected chi connectivity index (χ4v) is 10.7. The molecule has 2 bridgehead atoms. The molecule has 3 heterocycles. The van der Waals surface area contributed by atoms with Crippen LogP contribution in [-0.2, 0) is 0 Å². The number of hydrogen-bond acceptors (Lipinski definition) is 0. The molecule has 0 spiro atoms. The van der Waals surface area contributed by atoms with Crippen LogP contribution in [0.25, 0.3) is 0 Å². The lowest BCUT2D eigenvalue weighted by Gasteiger charge is -2.19. The molecule has 0 aromatic heterocycles. The van der Waals surface area contributed by atoms with Crippen LogP contribution in [0.2, 0.25) is 0 Å². The van der Waals surface area contributed by atoms with Crippen molar-refractivity contribution < 1.29 is 0 Å². The van der Waals surface area contributed by atoms with Crippen molar-refractivity contribution in [1.82, 2.24) is 0 Å². The van der Waals surface area contributed by atoms with Gasteiger partial charge in [-0.25, -0.2) is 0 Å². The van der Waals surface area contributed by atoms with Gasteiger partial charge in [0, 0.05) is 5.66 Å². The fourth-order valence-electron chi connectivity index (χ4n) is 2.13. The molecule has 4 atom stereocenters. The number of hydrogen-bond donors (Lipinski definition) is 0. The summed E-state index contributed by atoms with van der Waals surface area (Å²) in [6.07, 6.45) is 10.4. The Morgan fingerprint density at radius 1 is 1.30 bits per heavy atom. The highest BCUT2D eigenvalue weighted by Crippen LogP contribution is 2.83. The molecule has 1 fully saturated rings. The van der Waals surface area contributed by atoms with Crippen molar-refractivity contribution in [2.45, 2.75) is 5.66 Å². The summed E-state index contributed by atoms with van der Waals surface area (Å²) in [4.78, 5) is 0. The van der Waals surface area contributed by atoms with Crippen molar-refractivity contribution in [2.24, 2.45) is 5.92 Å². The molecule has 3 aliphatic heterocycles. The lowest BCUT2D eigenvalue weighted by molar-refractivity contribution is 0.791. The van der Waals surface area contributed by atoms with Crippen LogP contribution >= 0.6 is 15.2 Å². The number of fused-ring (bicyclic) bond motifs is 5. The van der Waals surface area contributed by atoms with Crippen molar-refractivity contribution in [3.8, 4) is 0 Å². The van der Waals surface area contributed by atoms with Gasteiger partial charge in [0.05, 0.1) is 0 Å². The highest BCUT2D eigenvalue weighted by Gasteiger charge is 2.43. The van der Waals surface area contributed by atoms with Crippen LogP contribution in [0.3, 0.4) is 0 Å². The maximum atomic E-state index is 2.54. The van der Waals surface area contributed by atoms with Gasteiger partial charge in [0.15, 0.2) is 0 Å². The minimum atomic E-state index is 0.413. The first-order valence-electron chi connectivity index (χ1n) is 3.83. The highest BCUT2D eigenvalue weighted by molar-refractivity contribution is 8.32. The Bertz CT molecular complexity index is 219. The minimum absolute atomic E-state index is 0.413. The van der Waals surface area contributed by atoms with Gasteiger partial charge in [0.1, 0.15) is 0 Å². The molecule has 0 saturated carbocycles. The molecule has 0 aliphatic carbocycles. The maximum Gasteiger partial charge on any atom is 0.00812 e. The average molecular weight is 168 g/mol.